The summed E-state index contributed by atoms with van der Waals surface area (Å²) < 4.78 is 5.75. The quantitative estimate of drug-likeness (QED) is 0.709. The molecule has 0 amide bonds. The SMILES string of the molecule is CCN(C)C1(CN)COC(C)(C)C1. The molecule has 0 aliphatic carbocycles. The summed E-state index contributed by atoms with van der Waals surface area (Å²) in [7, 11) is 2.12. The van der Waals surface area contributed by atoms with Crippen molar-refractivity contribution >= 4 is 0 Å². The molecule has 0 aromatic carbocycles. The van der Waals surface area contributed by atoms with Crippen LogP contribution < -0.4 is 5.73 Å². The third kappa shape index (κ3) is 2.03. The van der Waals surface area contributed by atoms with E-state index < -0.39 is 0 Å². The van der Waals surface area contributed by atoms with Gasteiger partial charge in [0.15, 0.2) is 0 Å². The highest BCUT2D eigenvalue weighted by Gasteiger charge is 2.45. The van der Waals surface area contributed by atoms with Gasteiger partial charge in [-0.1, -0.05) is 6.92 Å². The fourth-order valence-corrected chi connectivity index (χ4v) is 2.09. The monoisotopic (exact) mass is 186 g/mol. The Balaban J connectivity index is 2.73. The molecular formula is C10H22N2O. The molecular weight excluding hydrogens is 164 g/mol. The van der Waals surface area contributed by atoms with Gasteiger partial charge in [-0.3, -0.25) is 4.90 Å². The van der Waals surface area contributed by atoms with Gasteiger partial charge in [0.05, 0.1) is 17.7 Å². The molecule has 0 spiro atoms. The Hall–Kier alpha value is -0.120. The third-order valence-electron chi connectivity index (χ3n) is 3.15. The van der Waals surface area contributed by atoms with Crippen LogP contribution in [0, 0.1) is 0 Å². The van der Waals surface area contributed by atoms with Crippen LogP contribution in [0.5, 0.6) is 0 Å². The molecule has 1 aliphatic rings. The molecule has 1 saturated heterocycles. The highest BCUT2D eigenvalue weighted by molar-refractivity contribution is 5.00. The summed E-state index contributed by atoms with van der Waals surface area (Å²) in [4.78, 5) is 2.31. The van der Waals surface area contributed by atoms with Gasteiger partial charge in [0.25, 0.3) is 0 Å². The Bertz CT molecular complexity index is 182. The number of rotatable bonds is 3. The van der Waals surface area contributed by atoms with E-state index in [9.17, 15) is 0 Å². The molecule has 0 bridgehead atoms. The first kappa shape index (κ1) is 11.0. The van der Waals surface area contributed by atoms with Gasteiger partial charge in [0.1, 0.15) is 0 Å². The summed E-state index contributed by atoms with van der Waals surface area (Å²) in [6.45, 7) is 8.89. The highest BCUT2D eigenvalue weighted by atomic mass is 16.5. The van der Waals surface area contributed by atoms with E-state index in [1.165, 1.54) is 0 Å². The minimum atomic E-state index is -0.0111. The summed E-state index contributed by atoms with van der Waals surface area (Å²) in [6, 6.07) is 0. The predicted molar refractivity (Wildman–Crippen MR) is 54.7 cm³/mol. The standard InChI is InChI=1S/C10H22N2O/c1-5-12(4)10(7-11)6-9(2,3)13-8-10/h5-8,11H2,1-4H3. The average Bonchev–Trinajstić information content (AvgIpc) is 2.41. The van der Waals surface area contributed by atoms with E-state index in [-0.39, 0.29) is 11.1 Å². The van der Waals surface area contributed by atoms with Crippen LogP contribution in [0.3, 0.4) is 0 Å². The lowest BCUT2D eigenvalue weighted by atomic mass is 9.89. The van der Waals surface area contributed by atoms with Crippen LogP contribution in [0.4, 0.5) is 0 Å². The van der Waals surface area contributed by atoms with Crippen LogP contribution in [-0.4, -0.2) is 42.8 Å². The smallest absolute Gasteiger partial charge is 0.0671 e. The van der Waals surface area contributed by atoms with Crippen molar-refractivity contribution in [3.05, 3.63) is 0 Å². The van der Waals surface area contributed by atoms with E-state index in [2.05, 4.69) is 32.7 Å². The maximum Gasteiger partial charge on any atom is 0.0671 e. The molecule has 1 rings (SSSR count). The first-order valence-corrected chi connectivity index (χ1v) is 5.01. The topological polar surface area (TPSA) is 38.5 Å². The lowest BCUT2D eigenvalue weighted by molar-refractivity contribution is 0.0269. The van der Waals surface area contributed by atoms with Crippen molar-refractivity contribution in [2.45, 2.75) is 38.3 Å². The van der Waals surface area contributed by atoms with Crippen molar-refractivity contribution in [2.24, 2.45) is 5.73 Å². The van der Waals surface area contributed by atoms with E-state index in [1.807, 2.05) is 0 Å². The average molecular weight is 186 g/mol. The number of ether oxygens (including phenoxy) is 1. The van der Waals surface area contributed by atoms with Gasteiger partial charge in [0.2, 0.25) is 0 Å². The van der Waals surface area contributed by atoms with E-state index >= 15 is 0 Å². The van der Waals surface area contributed by atoms with E-state index in [4.69, 9.17) is 10.5 Å². The zero-order valence-corrected chi connectivity index (χ0v) is 9.26. The second-order valence-electron chi connectivity index (χ2n) is 4.67. The van der Waals surface area contributed by atoms with E-state index in [0.29, 0.717) is 6.54 Å². The summed E-state index contributed by atoms with van der Waals surface area (Å²) >= 11 is 0. The van der Waals surface area contributed by atoms with Crippen LogP contribution in [0.2, 0.25) is 0 Å². The second-order valence-corrected chi connectivity index (χ2v) is 4.67. The minimum Gasteiger partial charge on any atom is -0.374 e. The maximum atomic E-state index is 5.84. The fourth-order valence-electron chi connectivity index (χ4n) is 2.09. The van der Waals surface area contributed by atoms with E-state index in [1.54, 1.807) is 0 Å². The molecule has 1 unspecified atom stereocenters. The van der Waals surface area contributed by atoms with Crippen molar-refractivity contribution in [3.8, 4) is 0 Å². The number of nitrogens with zero attached hydrogens (tertiary/aromatic N) is 1. The van der Waals surface area contributed by atoms with Crippen molar-refractivity contribution < 1.29 is 4.74 Å². The molecule has 0 aromatic rings. The summed E-state index contributed by atoms with van der Waals surface area (Å²) in [5.74, 6) is 0. The highest BCUT2D eigenvalue weighted by Crippen LogP contribution is 2.35. The normalized spacial score (nSPS) is 32.8. The third-order valence-corrected chi connectivity index (χ3v) is 3.15. The molecule has 0 saturated carbocycles. The van der Waals surface area contributed by atoms with Gasteiger partial charge in [-0.15, -0.1) is 0 Å². The Morgan fingerprint density at radius 3 is 2.38 bits per heavy atom. The molecule has 78 valence electrons. The first-order valence-electron chi connectivity index (χ1n) is 5.01. The van der Waals surface area contributed by atoms with Crippen LogP contribution in [0.1, 0.15) is 27.2 Å². The van der Waals surface area contributed by atoms with Gasteiger partial charge in [-0.05, 0) is 33.9 Å². The number of likely N-dealkylation sites (N-methyl/N-ethyl adjacent to an activating group) is 1. The Labute approximate surface area is 81.2 Å². The van der Waals surface area contributed by atoms with Crippen LogP contribution in [0.15, 0.2) is 0 Å². The number of nitrogens with two attached hydrogens (primary N) is 1. The Kier molecular flexibility index (Phi) is 3.00. The van der Waals surface area contributed by atoms with Crippen LogP contribution >= 0.6 is 0 Å². The van der Waals surface area contributed by atoms with Crippen molar-refractivity contribution in [1.29, 1.82) is 0 Å². The van der Waals surface area contributed by atoms with Gasteiger partial charge in [-0.2, -0.15) is 0 Å². The molecule has 1 aliphatic heterocycles. The lowest BCUT2D eigenvalue weighted by Gasteiger charge is -2.36. The molecule has 1 atom stereocenters. The van der Waals surface area contributed by atoms with Gasteiger partial charge < -0.3 is 10.5 Å². The molecule has 0 aromatic heterocycles. The maximum absolute atomic E-state index is 5.84. The molecule has 1 heterocycles. The summed E-state index contributed by atoms with van der Waals surface area (Å²) in [6.07, 6.45) is 1.03. The zero-order valence-electron chi connectivity index (χ0n) is 9.26. The van der Waals surface area contributed by atoms with E-state index in [0.717, 1.165) is 19.6 Å². The van der Waals surface area contributed by atoms with Crippen LogP contribution in [-0.2, 0) is 4.74 Å². The molecule has 3 nitrogen and oxygen atoms in total. The number of hydrogen-bond acceptors (Lipinski definition) is 3. The van der Waals surface area contributed by atoms with Gasteiger partial charge in [0, 0.05) is 6.54 Å². The predicted octanol–water partition coefficient (Wildman–Crippen LogP) is 0.834. The summed E-state index contributed by atoms with van der Waals surface area (Å²) in [5.41, 5.74) is 5.90. The van der Waals surface area contributed by atoms with Crippen LogP contribution in [0.25, 0.3) is 0 Å². The summed E-state index contributed by atoms with van der Waals surface area (Å²) in [5, 5.41) is 0. The number of hydrogen-bond donors (Lipinski definition) is 1. The lowest BCUT2D eigenvalue weighted by Crippen LogP contribution is -2.53. The second kappa shape index (κ2) is 3.56. The van der Waals surface area contributed by atoms with Crippen molar-refractivity contribution in [1.82, 2.24) is 4.90 Å². The van der Waals surface area contributed by atoms with Crippen molar-refractivity contribution in [2.75, 3.05) is 26.7 Å². The fraction of sp³-hybridized carbons (Fsp3) is 1.00. The molecule has 1 fully saturated rings. The largest absolute Gasteiger partial charge is 0.374 e. The molecule has 3 heteroatoms. The minimum absolute atomic E-state index is 0.0111. The molecule has 2 N–H and O–H groups in total. The Morgan fingerprint density at radius 2 is 2.08 bits per heavy atom. The van der Waals surface area contributed by atoms with Gasteiger partial charge >= 0.3 is 0 Å². The van der Waals surface area contributed by atoms with Crippen molar-refractivity contribution in [3.63, 3.8) is 0 Å². The van der Waals surface area contributed by atoms with Gasteiger partial charge in [-0.25, -0.2) is 0 Å². The Morgan fingerprint density at radius 1 is 1.46 bits per heavy atom. The molecule has 13 heavy (non-hydrogen) atoms. The molecule has 0 radical (unpaired) electrons. The first-order chi connectivity index (χ1) is 5.96. The zero-order chi connectivity index (χ0) is 10.1.